The van der Waals surface area contributed by atoms with Gasteiger partial charge in [-0.3, -0.25) is 29.4 Å². The molecule has 8 nitrogen and oxygen atoms in total. The van der Waals surface area contributed by atoms with E-state index >= 15 is 0 Å². The minimum atomic E-state index is -0.402. The van der Waals surface area contributed by atoms with Crippen molar-refractivity contribution in [3.63, 3.8) is 0 Å². The minimum absolute atomic E-state index is 0.138. The molecule has 206 valence electrons. The van der Waals surface area contributed by atoms with E-state index in [2.05, 4.69) is 40.3 Å². The number of carbonyl (C=O) groups excluding carboxylic acids is 1. The third kappa shape index (κ3) is 6.57. The van der Waals surface area contributed by atoms with Gasteiger partial charge in [-0.1, -0.05) is 49.6 Å². The quantitative estimate of drug-likeness (QED) is 0.271. The predicted molar refractivity (Wildman–Crippen MR) is 159 cm³/mol. The van der Waals surface area contributed by atoms with Gasteiger partial charge in [0.2, 0.25) is 0 Å². The van der Waals surface area contributed by atoms with E-state index < -0.39 is 6.04 Å². The lowest BCUT2D eigenvalue weighted by molar-refractivity contribution is 0.0951. The van der Waals surface area contributed by atoms with Crippen LogP contribution in [0.4, 0.5) is 0 Å². The van der Waals surface area contributed by atoms with Crippen molar-refractivity contribution in [3.8, 4) is 12.3 Å². The monoisotopic (exact) mass is 556 g/mol. The Morgan fingerprint density at radius 3 is 2.58 bits per heavy atom. The number of nitrogens with one attached hydrogen (secondary N) is 2. The standard InChI is InChI=1S/C31H33ClN6O2/c1-5-14-34-29(22-10-12-23(13-11-22)30(39)35-19-21-9-8-15-33-18-21)24-16-25-27(17-26(24)32)36-28(37(4)31(25)40)20-38(6-2)7-3/h1,8-13,15-18,29,34H,6-7,14,19-20H2,2-4H3,(H,35,39). The number of fused-ring (bicyclic) bond motifs is 1. The lowest BCUT2D eigenvalue weighted by Gasteiger charge is -2.22. The van der Waals surface area contributed by atoms with E-state index in [0.717, 1.165) is 24.2 Å². The maximum Gasteiger partial charge on any atom is 0.261 e. The first-order valence-corrected chi connectivity index (χ1v) is 13.6. The molecular weight excluding hydrogens is 524 g/mol. The van der Waals surface area contributed by atoms with Crippen LogP contribution in [-0.2, 0) is 20.1 Å². The predicted octanol–water partition coefficient (Wildman–Crippen LogP) is 4.07. The average molecular weight is 557 g/mol. The third-order valence-corrected chi connectivity index (χ3v) is 7.27. The Kier molecular flexibility index (Phi) is 9.67. The Morgan fingerprint density at radius 2 is 1.93 bits per heavy atom. The number of hydrogen-bond acceptors (Lipinski definition) is 6. The molecule has 0 spiro atoms. The number of aromatic nitrogens is 3. The third-order valence-electron chi connectivity index (χ3n) is 6.95. The summed E-state index contributed by atoms with van der Waals surface area (Å²) in [5, 5.41) is 7.17. The van der Waals surface area contributed by atoms with Gasteiger partial charge in [-0.2, -0.15) is 0 Å². The van der Waals surface area contributed by atoms with Crippen LogP contribution in [0.1, 0.15) is 52.8 Å². The number of amides is 1. The van der Waals surface area contributed by atoms with Crippen LogP contribution in [0.5, 0.6) is 0 Å². The van der Waals surface area contributed by atoms with Crippen molar-refractivity contribution in [3.05, 3.63) is 104 Å². The topological polar surface area (TPSA) is 92.2 Å². The summed E-state index contributed by atoms with van der Waals surface area (Å²) in [5.41, 5.74) is 3.40. The maximum absolute atomic E-state index is 13.4. The van der Waals surface area contributed by atoms with Gasteiger partial charge < -0.3 is 5.32 Å². The zero-order chi connectivity index (χ0) is 28.6. The van der Waals surface area contributed by atoms with Crippen LogP contribution in [0.3, 0.4) is 0 Å². The van der Waals surface area contributed by atoms with Gasteiger partial charge in [0, 0.05) is 36.6 Å². The van der Waals surface area contributed by atoms with Crippen LogP contribution in [-0.4, -0.2) is 45.0 Å². The zero-order valence-electron chi connectivity index (χ0n) is 22.9. The molecule has 0 radical (unpaired) electrons. The molecule has 1 atom stereocenters. The van der Waals surface area contributed by atoms with Crippen molar-refractivity contribution in [1.82, 2.24) is 30.1 Å². The SMILES string of the molecule is C#CCNC(c1ccc(C(=O)NCc2cccnc2)cc1)c1cc2c(=O)n(C)c(CN(CC)CC)nc2cc1Cl. The molecule has 0 aliphatic rings. The number of hydrogen-bond donors (Lipinski definition) is 2. The van der Waals surface area contributed by atoms with E-state index in [-0.39, 0.29) is 18.0 Å². The number of nitrogens with zero attached hydrogens (tertiary/aromatic N) is 4. The lowest BCUT2D eigenvalue weighted by atomic mass is 9.96. The summed E-state index contributed by atoms with van der Waals surface area (Å²) in [5.74, 6) is 3.10. The molecule has 0 saturated carbocycles. The van der Waals surface area contributed by atoms with E-state index in [0.29, 0.717) is 46.0 Å². The summed E-state index contributed by atoms with van der Waals surface area (Å²) in [6.45, 7) is 7.11. The van der Waals surface area contributed by atoms with Crippen molar-refractivity contribution >= 4 is 28.4 Å². The first-order valence-electron chi connectivity index (χ1n) is 13.2. The maximum atomic E-state index is 13.4. The van der Waals surface area contributed by atoms with Crippen LogP contribution in [0.25, 0.3) is 10.9 Å². The molecule has 1 unspecified atom stereocenters. The van der Waals surface area contributed by atoms with Crippen LogP contribution in [0.15, 0.2) is 65.7 Å². The second-order valence-corrected chi connectivity index (χ2v) is 9.84. The molecular formula is C31H33ClN6O2. The first kappa shape index (κ1) is 29.0. The van der Waals surface area contributed by atoms with Crippen molar-refractivity contribution < 1.29 is 4.79 Å². The number of carbonyl (C=O) groups is 1. The Hall–Kier alpha value is -4.03. The minimum Gasteiger partial charge on any atom is -0.348 e. The molecule has 2 N–H and O–H groups in total. The second kappa shape index (κ2) is 13.4. The second-order valence-electron chi connectivity index (χ2n) is 9.43. The molecule has 0 bridgehead atoms. The summed E-state index contributed by atoms with van der Waals surface area (Å²) < 4.78 is 1.60. The molecule has 2 aromatic carbocycles. The fourth-order valence-electron chi connectivity index (χ4n) is 4.55. The van der Waals surface area contributed by atoms with Crippen molar-refractivity contribution in [2.24, 2.45) is 7.05 Å². The highest BCUT2D eigenvalue weighted by Gasteiger charge is 2.20. The molecule has 1 amide bonds. The van der Waals surface area contributed by atoms with Gasteiger partial charge in [0.25, 0.3) is 11.5 Å². The first-order chi connectivity index (χ1) is 19.4. The van der Waals surface area contributed by atoms with Crippen LogP contribution < -0.4 is 16.2 Å². The van der Waals surface area contributed by atoms with E-state index in [1.54, 1.807) is 48.3 Å². The van der Waals surface area contributed by atoms with Gasteiger partial charge in [0.05, 0.1) is 30.0 Å². The van der Waals surface area contributed by atoms with Gasteiger partial charge >= 0.3 is 0 Å². The van der Waals surface area contributed by atoms with E-state index in [9.17, 15) is 9.59 Å². The Bertz CT molecular complexity index is 1570. The van der Waals surface area contributed by atoms with Gasteiger partial charge in [-0.05, 0) is 60.1 Å². The summed E-state index contributed by atoms with van der Waals surface area (Å²) >= 11 is 6.79. The number of pyridine rings is 1. The van der Waals surface area contributed by atoms with E-state index in [1.165, 1.54) is 0 Å². The van der Waals surface area contributed by atoms with Crippen LogP contribution in [0, 0.1) is 12.3 Å². The summed E-state index contributed by atoms with van der Waals surface area (Å²) in [7, 11) is 1.74. The van der Waals surface area contributed by atoms with Crippen molar-refractivity contribution in [1.29, 1.82) is 0 Å². The molecule has 9 heteroatoms. The number of benzene rings is 2. The molecule has 0 aliphatic heterocycles. The molecule has 40 heavy (non-hydrogen) atoms. The van der Waals surface area contributed by atoms with Gasteiger partial charge in [0.15, 0.2) is 0 Å². The molecule has 0 saturated heterocycles. The average Bonchev–Trinajstić information content (AvgIpc) is 2.98. The Balaban J connectivity index is 1.64. The van der Waals surface area contributed by atoms with Crippen LogP contribution in [0.2, 0.25) is 5.02 Å². The van der Waals surface area contributed by atoms with Crippen molar-refractivity contribution in [2.75, 3.05) is 19.6 Å². The van der Waals surface area contributed by atoms with Crippen LogP contribution >= 0.6 is 11.6 Å². The molecule has 2 aromatic heterocycles. The Morgan fingerprint density at radius 1 is 1.18 bits per heavy atom. The summed E-state index contributed by atoms with van der Waals surface area (Å²) in [4.78, 5) is 37.1. The number of rotatable bonds is 11. The van der Waals surface area contributed by atoms with Gasteiger partial charge in [-0.25, -0.2) is 4.98 Å². The highest BCUT2D eigenvalue weighted by atomic mass is 35.5. The zero-order valence-corrected chi connectivity index (χ0v) is 23.7. The number of halogens is 1. The van der Waals surface area contributed by atoms with Gasteiger partial charge in [-0.15, -0.1) is 6.42 Å². The molecule has 2 heterocycles. The fraction of sp³-hybridized carbons (Fsp3) is 0.290. The molecule has 4 aromatic rings. The van der Waals surface area contributed by atoms with Gasteiger partial charge in [0.1, 0.15) is 5.82 Å². The largest absolute Gasteiger partial charge is 0.348 e. The molecule has 4 rings (SSSR count). The summed E-state index contributed by atoms with van der Waals surface area (Å²) in [6, 6.07) is 14.1. The Labute approximate surface area is 239 Å². The summed E-state index contributed by atoms with van der Waals surface area (Å²) in [6.07, 6.45) is 8.97. The highest BCUT2D eigenvalue weighted by molar-refractivity contribution is 6.32. The van der Waals surface area contributed by atoms with E-state index in [1.807, 2.05) is 24.3 Å². The molecule has 0 fully saturated rings. The van der Waals surface area contributed by atoms with Crippen molar-refractivity contribution in [2.45, 2.75) is 33.0 Å². The molecule has 0 aliphatic carbocycles. The fourth-order valence-corrected chi connectivity index (χ4v) is 4.81. The lowest BCUT2D eigenvalue weighted by Crippen LogP contribution is -2.30. The normalized spacial score (nSPS) is 11.9. The smallest absolute Gasteiger partial charge is 0.261 e. The number of terminal acetylenes is 1. The highest BCUT2D eigenvalue weighted by Crippen LogP contribution is 2.31. The van der Waals surface area contributed by atoms with E-state index in [4.69, 9.17) is 23.0 Å².